The second-order valence-electron chi connectivity index (χ2n) is 13.0. The molecule has 3 heterocycles. The monoisotopic (exact) mass is 632 g/mol. The SMILES string of the molecule is COc1ccc2c(c1)C=C1Cn3c-2c(C2CCCCC2)c2ccc(cc23)C(=O)NS(=O)(=O)N(C(C)C)CCCCN(C)CC1=O. The van der Waals surface area contributed by atoms with Gasteiger partial charge in [0.2, 0.25) is 0 Å². The zero-order valence-corrected chi connectivity index (χ0v) is 27.6. The van der Waals surface area contributed by atoms with Gasteiger partial charge in [-0.3, -0.25) is 14.5 Å². The second-order valence-corrected chi connectivity index (χ2v) is 14.7. The number of rotatable bonds is 3. The van der Waals surface area contributed by atoms with Crippen molar-refractivity contribution in [2.45, 2.75) is 77.3 Å². The van der Waals surface area contributed by atoms with E-state index in [4.69, 9.17) is 4.74 Å². The van der Waals surface area contributed by atoms with Gasteiger partial charge in [-0.15, -0.1) is 0 Å². The molecule has 3 aliphatic rings. The number of hydrogen-bond acceptors (Lipinski definition) is 6. The van der Waals surface area contributed by atoms with Gasteiger partial charge in [0.05, 0.1) is 25.9 Å². The smallest absolute Gasteiger partial charge is 0.304 e. The molecule has 0 atom stereocenters. The van der Waals surface area contributed by atoms with Gasteiger partial charge in [-0.2, -0.15) is 12.7 Å². The first-order valence-electron chi connectivity index (χ1n) is 16.2. The molecule has 1 saturated carbocycles. The number of benzene rings is 2. The summed E-state index contributed by atoms with van der Waals surface area (Å²) in [6, 6.07) is 11.2. The number of aromatic nitrogens is 1. The Bertz CT molecular complexity index is 1770. The molecule has 1 N–H and O–H groups in total. The highest BCUT2D eigenvalue weighted by Gasteiger charge is 2.32. The second kappa shape index (κ2) is 12.7. The molecule has 2 aromatic carbocycles. The van der Waals surface area contributed by atoms with Crippen LogP contribution in [0, 0.1) is 0 Å². The van der Waals surface area contributed by atoms with Crippen molar-refractivity contribution in [3.05, 3.63) is 58.7 Å². The van der Waals surface area contributed by atoms with E-state index in [0.29, 0.717) is 37.4 Å². The number of nitrogens with one attached hydrogen (secondary N) is 1. The van der Waals surface area contributed by atoms with Crippen LogP contribution in [0.1, 0.15) is 86.2 Å². The molecule has 1 amide bonds. The lowest BCUT2D eigenvalue weighted by Gasteiger charge is -2.26. The number of ether oxygens (including phenoxy) is 1. The maximum absolute atomic E-state index is 14.0. The van der Waals surface area contributed by atoms with Crippen LogP contribution in [-0.4, -0.2) is 73.7 Å². The van der Waals surface area contributed by atoms with E-state index in [2.05, 4.69) is 15.4 Å². The van der Waals surface area contributed by atoms with Crippen LogP contribution in [0.15, 0.2) is 42.0 Å². The Morgan fingerprint density at radius 3 is 2.42 bits per heavy atom. The fourth-order valence-electron chi connectivity index (χ4n) is 7.32. The van der Waals surface area contributed by atoms with E-state index in [-0.39, 0.29) is 30.5 Å². The quantitative estimate of drug-likeness (QED) is 0.395. The normalized spacial score (nSPS) is 20.6. The summed E-state index contributed by atoms with van der Waals surface area (Å²) in [4.78, 5) is 29.6. The average Bonchev–Trinajstić information content (AvgIpc) is 3.22. The maximum atomic E-state index is 14.0. The average molecular weight is 633 g/mol. The molecule has 0 radical (unpaired) electrons. The van der Waals surface area contributed by atoms with Crippen LogP contribution in [0.3, 0.4) is 0 Å². The molecular weight excluding hydrogens is 588 g/mol. The Balaban J connectivity index is 1.58. The Hall–Kier alpha value is -3.47. The molecular formula is C35H44N4O5S. The van der Waals surface area contributed by atoms with Gasteiger partial charge >= 0.3 is 10.2 Å². The maximum Gasteiger partial charge on any atom is 0.304 e. The highest BCUT2D eigenvalue weighted by atomic mass is 32.2. The molecule has 240 valence electrons. The van der Waals surface area contributed by atoms with Crippen LogP contribution < -0.4 is 9.46 Å². The van der Waals surface area contributed by atoms with Crippen molar-refractivity contribution in [3.63, 3.8) is 0 Å². The Kier molecular flexibility index (Phi) is 8.91. The number of carbonyl (C=O) groups excluding carboxylic acids is 2. The van der Waals surface area contributed by atoms with E-state index in [1.54, 1.807) is 19.2 Å². The summed E-state index contributed by atoms with van der Waals surface area (Å²) in [6.07, 6.45) is 9.01. The van der Waals surface area contributed by atoms with Gasteiger partial charge in [-0.1, -0.05) is 25.3 Å². The van der Waals surface area contributed by atoms with E-state index in [1.165, 1.54) is 16.3 Å². The lowest BCUT2D eigenvalue weighted by atomic mass is 9.81. The number of Topliss-reactive ketones (excluding diaryl/α,β-unsaturated/α-hetero) is 1. The molecule has 45 heavy (non-hydrogen) atoms. The van der Waals surface area contributed by atoms with E-state index < -0.39 is 16.1 Å². The molecule has 0 unspecified atom stereocenters. The summed E-state index contributed by atoms with van der Waals surface area (Å²) in [5.74, 6) is 0.452. The summed E-state index contributed by atoms with van der Waals surface area (Å²) in [7, 11) is -0.492. The van der Waals surface area contributed by atoms with Crippen molar-refractivity contribution in [1.29, 1.82) is 0 Å². The summed E-state index contributed by atoms with van der Waals surface area (Å²) in [6.45, 7) is 5.16. The molecule has 0 saturated heterocycles. The van der Waals surface area contributed by atoms with Crippen molar-refractivity contribution < 1.29 is 22.7 Å². The van der Waals surface area contributed by atoms with E-state index in [9.17, 15) is 18.0 Å². The Morgan fingerprint density at radius 2 is 1.69 bits per heavy atom. The highest BCUT2D eigenvalue weighted by Crippen LogP contribution is 2.47. The van der Waals surface area contributed by atoms with Crippen molar-refractivity contribution in [3.8, 4) is 17.0 Å². The van der Waals surface area contributed by atoms with Gasteiger partial charge in [-0.25, -0.2) is 4.72 Å². The number of fused-ring (bicyclic) bond motifs is 4. The summed E-state index contributed by atoms with van der Waals surface area (Å²) in [5.41, 5.74) is 6.06. The number of methoxy groups -OCH3 is 1. The number of ketones is 1. The zero-order chi connectivity index (χ0) is 31.9. The third-order valence-electron chi connectivity index (χ3n) is 9.60. The third kappa shape index (κ3) is 6.20. The van der Waals surface area contributed by atoms with Gasteiger partial charge in [0, 0.05) is 40.2 Å². The predicted molar refractivity (Wildman–Crippen MR) is 178 cm³/mol. The highest BCUT2D eigenvalue weighted by molar-refractivity contribution is 7.87. The molecule has 3 aromatic rings. The number of nitrogens with zero attached hydrogens (tertiary/aromatic N) is 3. The predicted octanol–water partition coefficient (Wildman–Crippen LogP) is 5.74. The molecule has 4 bridgehead atoms. The number of amides is 1. The minimum absolute atomic E-state index is 0.0461. The zero-order valence-electron chi connectivity index (χ0n) is 26.8. The summed E-state index contributed by atoms with van der Waals surface area (Å²) in [5, 5.41) is 1.05. The topological polar surface area (TPSA) is 101 Å². The Morgan fingerprint density at radius 1 is 0.933 bits per heavy atom. The largest absolute Gasteiger partial charge is 0.497 e. The number of likely N-dealkylation sites (N-methyl/N-ethyl adjacent to an activating group) is 1. The lowest BCUT2D eigenvalue weighted by molar-refractivity contribution is -0.116. The molecule has 1 fully saturated rings. The Labute approximate surface area is 266 Å². The first-order valence-corrected chi connectivity index (χ1v) is 17.6. The van der Waals surface area contributed by atoms with Crippen molar-refractivity contribution in [2.75, 3.05) is 33.8 Å². The minimum Gasteiger partial charge on any atom is -0.497 e. The standard InChI is InChI=1S/C35H44N4O5S/c1-23(2)39-17-9-8-16-37(3)22-32(40)27-18-26-19-28(44-4)13-15-29(26)34-33(24-10-6-5-7-11-24)30-14-12-25(20-31(30)38(34)21-27)35(41)36-45(39,42)43/h12-15,18-20,23-24H,5-11,16-17,21-22H2,1-4H3,(H,36,41). The molecule has 6 rings (SSSR count). The van der Waals surface area contributed by atoms with E-state index in [1.807, 2.05) is 50.1 Å². The van der Waals surface area contributed by atoms with Gasteiger partial charge in [0.25, 0.3) is 5.91 Å². The van der Waals surface area contributed by atoms with Crippen LogP contribution in [0.5, 0.6) is 5.75 Å². The number of carbonyl (C=O) groups is 2. The van der Waals surface area contributed by atoms with E-state index >= 15 is 0 Å². The minimum atomic E-state index is -4.07. The van der Waals surface area contributed by atoms with Crippen LogP contribution in [-0.2, 0) is 21.5 Å². The van der Waals surface area contributed by atoms with Crippen LogP contribution in [0.2, 0.25) is 0 Å². The molecule has 1 aliphatic carbocycles. The molecule has 10 heteroatoms. The molecule has 2 aliphatic heterocycles. The fraction of sp³-hybridized carbons (Fsp3) is 0.486. The van der Waals surface area contributed by atoms with Crippen molar-refractivity contribution in [2.24, 2.45) is 0 Å². The first kappa shape index (κ1) is 31.5. The van der Waals surface area contributed by atoms with Crippen LogP contribution in [0.4, 0.5) is 0 Å². The first-order chi connectivity index (χ1) is 21.6. The van der Waals surface area contributed by atoms with Crippen LogP contribution >= 0.6 is 0 Å². The summed E-state index contributed by atoms with van der Waals surface area (Å²) < 4.78 is 38.4. The van der Waals surface area contributed by atoms with Crippen molar-refractivity contribution >= 4 is 38.9 Å². The number of hydrogen-bond donors (Lipinski definition) is 1. The van der Waals surface area contributed by atoms with Crippen molar-refractivity contribution in [1.82, 2.24) is 18.5 Å². The van der Waals surface area contributed by atoms with Gasteiger partial charge in [0.1, 0.15) is 5.75 Å². The molecule has 1 aromatic heterocycles. The van der Waals surface area contributed by atoms with E-state index in [0.717, 1.165) is 59.2 Å². The molecule has 9 nitrogen and oxygen atoms in total. The summed E-state index contributed by atoms with van der Waals surface area (Å²) >= 11 is 0. The van der Waals surface area contributed by atoms with Crippen LogP contribution in [0.25, 0.3) is 28.2 Å². The van der Waals surface area contributed by atoms with Gasteiger partial charge < -0.3 is 9.30 Å². The van der Waals surface area contributed by atoms with Gasteiger partial charge in [-0.05, 0) is 107 Å². The fourth-order valence-corrected chi connectivity index (χ4v) is 8.71. The lowest BCUT2D eigenvalue weighted by Crippen LogP contribution is -2.47. The molecule has 0 spiro atoms. The van der Waals surface area contributed by atoms with Gasteiger partial charge in [0.15, 0.2) is 5.78 Å². The third-order valence-corrected chi connectivity index (χ3v) is 11.3.